The molecule has 3 aliphatic rings. The van der Waals surface area contributed by atoms with Crippen LogP contribution in [0.3, 0.4) is 0 Å². The van der Waals surface area contributed by atoms with Crippen molar-refractivity contribution in [3.63, 3.8) is 0 Å². The lowest BCUT2D eigenvalue weighted by molar-refractivity contribution is 0.0322. The SMILES string of the molecule is c1cc(-c2nc3c(c(NCCCN4CCCC4)n2)CCCC3)ccc1OCCN1CCOCC1. The highest BCUT2D eigenvalue weighted by Crippen LogP contribution is 2.29. The lowest BCUT2D eigenvalue weighted by Gasteiger charge is -2.26. The molecule has 0 amide bonds. The fourth-order valence-electron chi connectivity index (χ4n) is 5.20. The van der Waals surface area contributed by atoms with Crippen LogP contribution in [0, 0.1) is 0 Å². The van der Waals surface area contributed by atoms with E-state index >= 15 is 0 Å². The summed E-state index contributed by atoms with van der Waals surface area (Å²) >= 11 is 0. The summed E-state index contributed by atoms with van der Waals surface area (Å²) in [7, 11) is 0. The molecule has 5 rings (SSSR count). The number of hydrogen-bond donors (Lipinski definition) is 1. The van der Waals surface area contributed by atoms with Crippen LogP contribution in [-0.4, -0.2) is 85.4 Å². The van der Waals surface area contributed by atoms with Crippen LogP contribution < -0.4 is 10.1 Å². The van der Waals surface area contributed by atoms with Gasteiger partial charge in [-0.3, -0.25) is 4.90 Å². The molecule has 0 atom stereocenters. The van der Waals surface area contributed by atoms with Crippen LogP contribution in [0.5, 0.6) is 5.75 Å². The molecule has 0 unspecified atom stereocenters. The highest BCUT2D eigenvalue weighted by atomic mass is 16.5. The first-order chi connectivity index (χ1) is 16.8. The third kappa shape index (κ3) is 6.26. The van der Waals surface area contributed by atoms with E-state index in [9.17, 15) is 0 Å². The maximum Gasteiger partial charge on any atom is 0.161 e. The molecule has 1 aromatic heterocycles. The second kappa shape index (κ2) is 12.0. The van der Waals surface area contributed by atoms with Gasteiger partial charge in [-0.05, 0) is 88.8 Å². The summed E-state index contributed by atoms with van der Waals surface area (Å²) in [5.74, 6) is 2.77. The first kappa shape index (κ1) is 23.5. The van der Waals surface area contributed by atoms with Crippen molar-refractivity contribution < 1.29 is 9.47 Å². The number of morpholine rings is 1. The molecule has 0 spiro atoms. The van der Waals surface area contributed by atoms with Crippen LogP contribution in [0.1, 0.15) is 43.4 Å². The molecule has 0 bridgehead atoms. The predicted molar refractivity (Wildman–Crippen MR) is 136 cm³/mol. The second-order valence-electron chi connectivity index (χ2n) is 9.68. The van der Waals surface area contributed by atoms with Gasteiger partial charge in [0.15, 0.2) is 5.82 Å². The zero-order chi connectivity index (χ0) is 23.0. The summed E-state index contributed by atoms with van der Waals surface area (Å²) in [6.45, 7) is 9.94. The highest BCUT2D eigenvalue weighted by Gasteiger charge is 2.19. The van der Waals surface area contributed by atoms with E-state index in [0.717, 1.165) is 81.6 Å². The first-order valence-corrected chi connectivity index (χ1v) is 13.2. The van der Waals surface area contributed by atoms with Crippen LogP contribution in [0.25, 0.3) is 11.4 Å². The Morgan fingerprint density at radius 3 is 2.44 bits per heavy atom. The fourth-order valence-corrected chi connectivity index (χ4v) is 5.20. The topological polar surface area (TPSA) is 62.8 Å². The zero-order valence-corrected chi connectivity index (χ0v) is 20.4. The molecule has 0 radical (unpaired) electrons. The summed E-state index contributed by atoms with van der Waals surface area (Å²) in [6.07, 6.45) is 8.45. The van der Waals surface area contributed by atoms with Crippen molar-refractivity contribution in [3.05, 3.63) is 35.5 Å². The van der Waals surface area contributed by atoms with E-state index in [1.807, 2.05) is 12.1 Å². The summed E-state index contributed by atoms with van der Waals surface area (Å²) in [6, 6.07) is 8.26. The zero-order valence-electron chi connectivity index (χ0n) is 20.4. The number of nitrogens with one attached hydrogen (secondary N) is 1. The molecule has 184 valence electrons. The molecule has 1 aliphatic carbocycles. The standard InChI is InChI=1S/C27H39N5O2/c1-2-7-25-24(6-1)27(28-12-5-15-31-13-3-4-14-31)30-26(29-25)22-8-10-23(11-9-22)34-21-18-32-16-19-33-20-17-32/h8-11H,1-7,12-21H2,(H,28,29,30). The second-order valence-corrected chi connectivity index (χ2v) is 9.68. The van der Waals surface area contributed by atoms with Crippen molar-refractivity contribution in [2.24, 2.45) is 0 Å². The Bertz CT molecular complexity index is 908. The molecule has 2 aliphatic heterocycles. The first-order valence-electron chi connectivity index (χ1n) is 13.2. The Labute approximate surface area is 203 Å². The number of rotatable bonds is 10. The van der Waals surface area contributed by atoms with E-state index in [2.05, 4.69) is 27.2 Å². The lowest BCUT2D eigenvalue weighted by atomic mass is 9.96. The summed E-state index contributed by atoms with van der Waals surface area (Å²) in [4.78, 5) is 14.9. The Hall–Kier alpha value is -2.22. The molecular formula is C27H39N5O2. The third-order valence-corrected chi connectivity index (χ3v) is 7.22. The number of likely N-dealkylation sites (tertiary alicyclic amines) is 1. The van der Waals surface area contributed by atoms with Gasteiger partial charge in [0.2, 0.25) is 0 Å². The number of benzene rings is 1. The van der Waals surface area contributed by atoms with Crippen molar-refractivity contribution in [1.82, 2.24) is 19.8 Å². The number of nitrogens with zero attached hydrogens (tertiary/aromatic N) is 4. The van der Waals surface area contributed by atoms with Gasteiger partial charge in [0, 0.05) is 43.0 Å². The summed E-state index contributed by atoms with van der Waals surface area (Å²) in [5.41, 5.74) is 3.61. The van der Waals surface area contributed by atoms with Gasteiger partial charge in [-0.15, -0.1) is 0 Å². The van der Waals surface area contributed by atoms with E-state index in [0.29, 0.717) is 6.61 Å². The quantitative estimate of drug-likeness (QED) is 0.538. The van der Waals surface area contributed by atoms with Crippen LogP contribution in [0.2, 0.25) is 0 Å². The number of hydrogen-bond acceptors (Lipinski definition) is 7. The Kier molecular flexibility index (Phi) is 8.27. The molecule has 2 aromatic rings. The van der Waals surface area contributed by atoms with Gasteiger partial charge in [-0.25, -0.2) is 9.97 Å². The number of ether oxygens (including phenoxy) is 2. The van der Waals surface area contributed by atoms with Crippen molar-refractivity contribution >= 4 is 5.82 Å². The predicted octanol–water partition coefficient (Wildman–Crippen LogP) is 3.63. The molecule has 1 N–H and O–H groups in total. The average Bonchev–Trinajstić information content (AvgIpc) is 3.41. The van der Waals surface area contributed by atoms with Crippen molar-refractivity contribution in [3.8, 4) is 17.1 Å². The normalized spacial score (nSPS) is 19.2. The molecule has 7 heteroatoms. The monoisotopic (exact) mass is 465 g/mol. The van der Waals surface area contributed by atoms with Crippen LogP contribution in [-0.2, 0) is 17.6 Å². The van der Waals surface area contributed by atoms with Crippen LogP contribution in [0.4, 0.5) is 5.82 Å². The highest BCUT2D eigenvalue weighted by molar-refractivity contribution is 5.61. The van der Waals surface area contributed by atoms with E-state index in [4.69, 9.17) is 19.4 Å². The third-order valence-electron chi connectivity index (χ3n) is 7.22. The molecule has 7 nitrogen and oxygen atoms in total. The van der Waals surface area contributed by atoms with Gasteiger partial charge >= 0.3 is 0 Å². The number of fused-ring (bicyclic) bond motifs is 1. The fraction of sp³-hybridized carbons (Fsp3) is 0.630. The lowest BCUT2D eigenvalue weighted by Crippen LogP contribution is -2.38. The molecule has 3 heterocycles. The molecule has 2 saturated heterocycles. The van der Waals surface area contributed by atoms with Crippen molar-refractivity contribution in [1.29, 1.82) is 0 Å². The van der Waals surface area contributed by atoms with E-state index in [1.165, 1.54) is 56.6 Å². The summed E-state index contributed by atoms with van der Waals surface area (Å²) in [5, 5.41) is 3.66. The largest absolute Gasteiger partial charge is 0.492 e. The average molecular weight is 466 g/mol. The number of aromatic nitrogens is 2. The van der Waals surface area contributed by atoms with Gasteiger partial charge in [0.05, 0.1) is 13.2 Å². The Balaban J connectivity index is 1.20. The van der Waals surface area contributed by atoms with Gasteiger partial charge in [0.1, 0.15) is 18.2 Å². The van der Waals surface area contributed by atoms with Gasteiger partial charge in [0.25, 0.3) is 0 Å². The Morgan fingerprint density at radius 2 is 1.62 bits per heavy atom. The van der Waals surface area contributed by atoms with E-state index < -0.39 is 0 Å². The van der Waals surface area contributed by atoms with Crippen LogP contribution in [0.15, 0.2) is 24.3 Å². The number of aryl methyl sites for hydroxylation is 1. The van der Waals surface area contributed by atoms with Crippen molar-refractivity contribution in [2.45, 2.75) is 44.9 Å². The molecular weight excluding hydrogens is 426 g/mol. The number of anilines is 1. The van der Waals surface area contributed by atoms with Gasteiger partial charge < -0.3 is 19.7 Å². The van der Waals surface area contributed by atoms with E-state index in [-0.39, 0.29) is 0 Å². The molecule has 34 heavy (non-hydrogen) atoms. The minimum atomic E-state index is 0.695. The van der Waals surface area contributed by atoms with E-state index in [1.54, 1.807) is 0 Å². The minimum absolute atomic E-state index is 0.695. The summed E-state index contributed by atoms with van der Waals surface area (Å²) < 4.78 is 11.4. The maximum atomic E-state index is 5.98. The van der Waals surface area contributed by atoms with Gasteiger partial charge in [-0.1, -0.05) is 0 Å². The van der Waals surface area contributed by atoms with Crippen molar-refractivity contribution in [2.75, 3.05) is 71.0 Å². The van der Waals surface area contributed by atoms with Gasteiger partial charge in [-0.2, -0.15) is 0 Å². The molecule has 2 fully saturated rings. The minimum Gasteiger partial charge on any atom is -0.492 e. The maximum absolute atomic E-state index is 5.98. The smallest absolute Gasteiger partial charge is 0.161 e. The molecule has 1 aromatic carbocycles. The molecule has 0 saturated carbocycles. The Morgan fingerprint density at radius 1 is 0.853 bits per heavy atom. The van der Waals surface area contributed by atoms with Crippen LogP contribution >= 0.6 is 0 Å².